The highest BCUT2D eigenvalue weighted by molar-refractivity contribution is 5.98. The first kappa shape index (κ1) is 63.6. The number of aliphatic hydroxyl groups excluding tert-OH is 1. The second-order valence-electron chi connectivity index (χ2n) is 21.2. The molecule has 0 aliphatic carbocycles. The van der Waals surface area contributed by atoms with Gasteiger partial charge in [-0.25, -0.2) is 4.79 Å². The molecule has 0 bridgehead atoms. The van der Waals surface area contributed by atoms with Gasteiger partial charge < -0.3 is 35.6 Å². The number of Topliss-reactive ketones (excluding diaryl/α,β-unsaturated/α-hetero) is 4. The molecule has 5 amide bonds. The Kier molecular flexibility index (Phi) is 25.6. The van der Waals surface area contributed by atoms with E-state index in [1.54, 1.807) is 58.3 Å². The van der Waals surface area contributed by atoms with E-state index >= 15 is 0 Å². The molecule has 0 unspecified atom stereocenters. The van der Waals surface area contributed by atoms with Gasteiger partial charge in [0.2, 0.25) is 23.6 Å². The lowest BCUT2D eigenvalue weighted by atomic mass is 9.84. The highest BCUT2D eigenvalue weighted by Crippen LogP contribution is 2.31. The van der Waals surface area contributed by atoms with Crippen LogP contribution in [0, 0.1) is 10.8 Å². The third-order valence-corrected chi connectivity index (χ3v) is 13.2. The SMILES string of the molecule is C.CC(C)(C)OC(=O)N1CCC[C@H]1C(=O)N1CCC[C@H]1C(=O)CC(C)(C)C(=O)NCC(=O)Cc1ccccc1.CC(C)(CC(=O)[C@@H]1CCCN1C(=O)[C@@H]1CCCN1)C(=O)NCC(=O)Cc1ccccc1.CO.Cl. The van der Waals surface area contributed by atoms with Gasteiger partial charge in [-0.3, -0.25) is 43.3 Å². The number of carbonyl (C=O) groups excluding carboxylic acids is 9. The quantitative estimate of drug-likeness (QED) is 0.143. The first-order valence-electron chi connectivity index (χ1n) is 25.1. The summed E-state index contributed by atoms with van der Waals surface area (Å²) in [7, 11) is 1.00. The molecule has 2 aromatic carbocycles. The van der Waals surface area contributed by atoms with Gasteiger partial charge in [0.15, 0.2) is 23.1 Å². The molecule has 4 fully saturated rings. The van der Waals surface area contributed by atoms with Crippen LogP contribution in [0.1, 0.15) is 131 Å². The van der Waals surface area contributed by atoms with Crippen molar-refractivity contribution >= 4 is 65.3 Å². The Morgan fingerprint density at radius 3 is 1.37 bits per heavy atom. The minimum absolute atomic E-state index is 0. The number of benzene rings is 2. The molecule has 0 spiro atoms. The molecule has 0 saturated carbocycles. The van der Waals surface area contributed by atoms with Crippen LogP contribution in [0.15, 0.2) is 60.7 Å². The summed E-state index contributed by atoms with van der Waals surface area (Å²) in [6.45, 7) is 14.2. The molecule has 6 rings (SSSR count). The van der Waals surface area contributed by atoms with Crippen molar-refractivity contribution in [2.45, 2.75) is 163 Å². The molecule has 4 heterocycles. The molecule has 4 saturated heterocycles. The predicted molar refractivity (Wildman–Crippen MR) is 282 cm³/mol. The second-order valence-corrected chi connectivity index (χ2v) is 21.2. The van der Waals surface area contributed by atoms with Crippen LogP contribution in [0.3, 0.4) is 0 Å². The van der Waals surface area contributed by atoms with Crippen LogP contribution in [0.2, 0.25) is 0 Å². The van der Waals surface area contributed by atoms with Crippen LogP contribution in [0.25, 0.3) is 0 Å². The Morgan fingerprint density at radius 1 is 0.575 bits per heavy atom. The number of halogens is 1. The van der Waals surface area contributed by atoms with Gasteiger partial charge in [-0.05, 0) is 89.8 Å². The maximum atomic E-state index is 13.5. The van der Waals surface area contributed by atoms with Crippen LogP contribution in [-0.2, 0) is 55.9 Å². The van der Waals surface area contributed by atoms with Gasteiger partial charge in [-0.15, -0.1) is 12.4 Å². The van der Waals surface area contributed by atoms with E-state index in [9.17, 15) is 43.2 Å². The van der Waals surface area contributed by atoms with Crippen molar-refractivity contribution in [3.63, 3.8) is 0 Å². The summed E-state index contributed by atoms with van der Waals surface area (Å²) in [5.74, 6) is -1.41. The van der Waals surface area contributed by atoms with Gasteiger partial charge in [-0.1, -0.05) is 95.8 Å². The zero-order valence-electron chi connectivity index (χ0n) is 43.6. The summed E-state index contributed by atoms with van der Waals surface area (Å²) in [4.78, 5) is 120. The molecular weight excluding hydrogens is 956 g/mol. The number of hydrogen-bond donors (Lipinski definition) is 4. The third-order valence-electron chi connectivity index (χ3n) is 13.2. The molecule has 4 atom stereocenters. The topological polar surface area (TPSA) is 229 Å². The van der Waals surface area contributed by atoms with Crippen molar-refractivity contribution < 1.29 is 53.0 Å². The van der Waals surface area contributed by atoms with Crippen molar-refractivity contribution in [3.05, 3.63) is 71.8 Å². The van der Waals surface area contributed by atoms with Crippen LogP contribution in [0.5, 0.6) is 0 Å². The lowest BCUT2D eigenvalue weighted by Crippen LogP contribution is -2.52. The van der Waals surface area contributed by atoms with Gasteiger partial charge in [-0.2, -0.15) is 0 Å². The summed E-state index contributed by atoms with van der Waals surface area (Å²) in [5.41, 5.74) is -0.888. The zero-order valence-corrected chi connectivity index (χ0v) is 44.4. The van der Waals surface area contributed by atoms with E-state index in [0.717, 1.165) is 44.0 Å². The van der Waals surface area contributed by atoms with Gasteiger partial charge in [0, 0.05) is 52.4 Å². The van der Waals surface area contributed by atoms with Crippen molar-refractivity contribution in [1.82, 2.24) is 30.7 Å². The lowest BCUT2D eigenvalue weighted by molar-refractivity contribution is -0.143. The maximum Gasteiger partial charge on any atom is 0.410 e. The number of ether oxygens (including phenoxy) is 1. The highest BCUT2D eigenvalue weighted by Gasteiger charge is 2.45. The number of aliphatic hydroxyl groups is 1. The number of nitrogens with one attached hydrogen (secondary N) is 3. The number of rotatable bonds is 18. The lowest BCUT2D eigenvalue weighted by Gasteiger charge is -2.33. The molecular formula is C55H83ClN6O11. The number of nitrogens with zero attached hydrogens (tertiary/aromatic N) is 3. The molecule has 2 aromatic rings. The molecule has 4 aliphatic heterocycles. The smallest absolute Gasteiger partial charge is 0.410 e. The summed E-state index contributed by atoms with van der Waals surface area (Å²) in [5, 5.41) is 15.6. The van der Waals surface area contributed by atoms with E-state index in [1.807, 2.05) is 60.7 Å². The summed E-state index contributed by atoms with van der Waals surface area (Å²) < 4.78 is 5.49. The predicted octanol–water partition coefficient (Wildman–Crippen LogP) is 5.60. The molecule has 17 nitrogen and oxygen atoms in total. The normalized spacial score (nSPS) is 19.4. The van der Waals surface area contributed by atoms with Crippen molar-refractivity contribution in [1.29, 1.82) is 0 Å². The van der Waals surface area contributed by atoms with Crippen molar-refractivity contribution in [2.75, 3.05) is 46.4 Å². The molecule has 0 radical (unpaired) electrons. The number of likely N-dealkylation sites (tertiary alicyclic amines) is 3. The Bertz CT molecular complexity index is 2180. The number of ketones is 4. The van der Waals surface area contributed by atoms with Crippen LogP contribution < -0.4 is 16.0 Å². The summed E-state index contributed by atoms with van der Waals surface area (Å²) in [6, 6.07) is 16.7. The van der Waals surface area contributed by atoms with Crippen LogP contribution in [-0.4, -0.2) is 149 Å². The van der Waals surface area contributed by atoms with E-state index in [-0.39, 0.29) is 111 Å². The maximum absolute atomic E-state index is 13.5. The molecule has 18 heteroatoms. The minimum atomic E-state index is -1.04. The van der Waals surface area contributed by atoms with E-state index < -0.39 is 40.6 Å². The van der Waals surface area contributed by atoms with Crippen molar-refractivity contribution in [2.24, 2.45) is 10.8 Å². The Hall–Kier alpha value is -5.52. The molecule has 4 aliphatic rings. The number of amides is 5. The Balaban J connectivity index is 0.000000479. The van der Waals surface area contributed by atoms with E-state index in [1.165, 1.54) is 4.90 Å². The number of hydrogen-bond acceptors (Lipinski definition) is 12. The standard InChI is InChI=1S/C29H41N3O6.C24H33N3O4.CH4O.CH4.ClH/c1-28(2,3)38-27(37)32-16-10-14-23(32)25(35)31-15-9-13-22(31)24(34)18-29(4,5)26(36)30-19-21(33)17-20-11-7-6-8-12-20;1-24(2,23(31)26-16-18(28)14-17-8-4-3-5-9-17)15-21(29)20-11-7-13-27(20)22(30)19-10-6-12-25-19;1-2;;/h6-8,11-12,22-23H,9-10,13-19H2,1-5H3,(H,30,36);3-5,8-9,19-20,25H,6-7,10-16H2,1-2H3,(H,26,31);2H,1H3;1H4;1H/t22-,23-;19-,20-;;;/m00.../s1. The largest absolute Gasteiger partial charge is 0.444 e. The van der Waals surface area contributed by atoms with Crippen LogP contribution in [0.4, 0.5) is 4.79 Å². The molecule has 4 N–H and O–H groups in total. The molecule has 73 heavy (non-hydrogen) atoms. The van der Waals surface area contributed by atoms with Gasteiger partial charge in [0.05, 0.1) is 42.0 Å². The monoisotopic (exact) mass is 1040 g/mol. The fourth-order valence-electron chi connectivity index (χ4n) is 9.46. The van der Waals surface area contributed by atoms with E-state index in [2.05, 4.69) is 16.0 Å². The molecule has 406 valence electrons. The number of carbonyl (C=O) groups is 9. The van der Waals surface area contributed by atoms with Gasteiger partial charge in [0.1, 0.15) is 11.6 Å². The third kappa shape index (κ3) is 19.0. The van der Waals surface area contributed by atoms with Crippen LogP contribution >= 0.6 is 12.4 Å². The Morgan fingerprint density at radius 2 is 0.973 bits per heavy atom. The fourth-order valence-corrected chi connectivity index (χ4v) is 9.46. The highest BCUT2D eigenvalue weighted by atomic mass is 35.5. The summed E-state index contributed by atoms with van der Waals surface area (Å²) in [6.07, 6.45) is 5.60. The molecule has 0 aromatic heterocycles. The van der Waals surface area contributed by atoms with Gasteiger partial charge >= 0.3 is 6.09 Å². The van der Waals surface area contributed by atoms with E-state index in [0.29, 0.717) is 51.7 Å². The fraction of sp³-hybridized carbons (Fsp3) is 0.618. The average Bonchev–Trinajstić information content (AvgIpc) is 4.18. The summed E-state index contributed by atoms with van der Waals surface area (Å²) >= 11 is 0. The first-order valence-corrected chi connectivity index (χ1v) is 25.1. The Labute approximate surface area is 439 Å². The zero-order chi connectivity index (χ0) is 52.5. The average molecular weight is 1040 g/mol. The van der Waals surface area contributed by atoms with Gasteiger partial charge in [0.25, 0.3) is 0 Å². The second kappa shape index (κ2) is 29.4. The van der Waals surface area contributed by atoms with E-state index in [4.69, 9.17) is 9.84 Å². The van der Waals surface area contributed by atoms with Crippen molar-refractivity contribution in [3.8, 4) is 0 Å². The first-order chi connectivity index (χ1) is 33.6. The minimum Gasteiger partial charge on any atom is -0.444 e.